The summed E-state index contributed by atoms with van der Waals surface area (Å²) in [6.45, 7) is 14.6. The maximum atomic E-state index is 6.04. The number of halogens is 1. The Bertz CT molecular complexity index is 149. The summed E-state index contributed by atoms with van der Waals surface area (Å²) in [5.41, 5.74) is 0. The number of rotatable bonds is 4. The van der Waals surface area contributed by atoms with E-state index < -0.39 is 8.32 Å². The molecule has 0 aromatic rings. The summed E-state index contributed by atoms with van der Waals surface area (Å²) in [5, 5.41) is 0.349. The highest BCUT2D eigenvalue weighted by atomic mass is 127. The lowest BCUT2D eigenvalue weighted by Crippen LogP contribution is -2.41. The Morgan fingerprint density at radius 3 is 2.08 bits per heavy atom. The lowest BCUT2D eigenvalue weighted by atomic mass is 10.2. The molecule has 0 fully saturated rings. The topological polar surface area (TPSA) is 9.23 Å². The Hall–Kier alpha value is 0.907. The van der Waals surface area contributed by atoms with Crippen LogP contribution in [0.15, 0.2) is 0 Å². The molecule has 0 aliphatic carbocycles. The van der Waals surface area contributed by atoms with Crippen LogP contribution >= 0.6 is 22.6 Å². The van der Waals surface area contributed by atoms with Gasteiger partial charge >= 0.3 is 0 Å². The summed E-state index contributed by atoms with van der Waals surface area (Å²) in [6, 6.07) is 0. The maximum absolute atomic E-state index is 6.04. The van der Waals surface area contributed by atoms with Crippen molar-refractivity contribution >= 4 is 30.9 Å². The summed E-state index contributed by atoms with van der Waals surface area (Å²) in [5.74, 6) is 0. The average molecular weight is 314 g/mol. The third-order valence-corrected chi connectivity index (χ3v) is 7.95. The van der Waals surface area contributed by atoms with Crippen molar-refractivity contribution in [1.82, 2.24) is 0 Å². The quantitative estimate of drug-likeness (QED) is 0.429. The molecule has 0 saturated carbocycles. The molecule has 13 heavy (non-hydrogen) atoms. The highest BCUT2D eigenvalue weighted by Crippen LogP contribution is 2.36. The van der Waals surface area contributed by atoms with E-state index >= 15 is 0 Å². The minimum atomic E-state index is -1.48. The normalized spacial score (nSPS) is 15.9. The molecule has 80 valence electrons. The zero-order chi connectivity index (χ0) is 10.7. The van der Waals surface area contributed by atoms with Crippen LogP contribution < -0.4 is 0 Å². The van der Waals surface area contributed by atoms with Crippen molar-refractivity contribution in [2.45, 2.75) is 56.2 Å². The van der Waals surface area contributed by atoms with E-state index in [9.17, 15) is 0 Å². The molecule has 0 rings (SSSR count). The van der Waals surface area contributed by atoms with Gasteiger partial charge < -0.3 is 4.43 Å². The standard InChI is InChI=1S/C10H23IOSi/c1-9(11)7-8-12-13(5,6)10(2,3)4/h9H,7-8H2,1-6H3. The first-order valence-electron chi connectivity index (χ1n) is 4.95. The lowest BCUT2D eigenvalue weighted by Gasteiger charge is -2.36. The van der Waals surface area contributed by atoms with E-state index in [1.54, 1.807) is 0 Å². The van der Waals surface area contributed by atoms with Gasteiger partial charge in [-0.3, -0.25) is 0 Å². The summed E-state index contributed by atoms with van der Waals surface area (Å²) in [7, 11) is -1.48. The largest absolute Gasteiger partial charge is 0.417 e. The molecule has 0 heterocycles. The van der Waals surface area contributed by atoms with E-state index in [1.807, 2.05) is 0 Å². The van der Waals surface area contributed by atoms with Crippen molar-refractivity contribution in [1.29, 1.82) is 0 Å². The monoisotopic (exact) mass is 314 g/mol. The van der Waals surface area contributed by atoms with Gasteiger partial charge in [-0.2, -0.15) is 0 Å². The fraction of sp³-hybridized carbons (Fsp3) is 1.00. The van der Waals surface area contributed by atoms with Crippen molar-refractivity contribution in [2.24, 2.45) is 0 Å². The molecule has 0 aromatic carbocycles. The first-order chi connectivity index (χ1) is 5.67. The fourth-order valence-corrected chi connectivity index (χ4v) is 2.01. The van der Waals surface area contributed by atoms with E-state index in [2.05, 4.69) is 63.4 Å². The highest BCUT2D eigenvalue weighted by Gasteiger charge is 2.36. The zero-order valence-electron chi connectivity index (χ0n) is 9.78. The van der Waals surface area contributed by atoms with Crippen molar-refractivity contribution in [3.8, 4) is 0 Å². The summed E-state index contributed by atoms with van der Waals surface area (Å²) in [4.78, 5) is 0. The highest BCUT2D eigenvalue weighted by molar-refractivity contribution is 14.1. The van der Waals surface area contributed by atoms with E-state index in [4.69, 9.17) is 4.43 Å². The van der Waals surface area contributed by atoms with Gasteiger partial charge in [-0.25, -0.2) is 0 Å². The van der Waals surface area contributed by atoms with Crippen LogP contribution in [0.2, 0.25) is 18.1 Å². The Morgan fingerprint density at radius 2 is 1.77 bits per heavy atom. The molecule has 0 N–H and O–H groups in total. The lowest BCUT2D eigenvalue weighted by molar-refractivity contribution is 0.284. The molecule has 0 aliphatic rings. The minimum absolute atomic E-state index is 0.349. The van der Waals surface area contributed by atoms with Crippen LogP contribution in [-0.2, 0) is 4.43 Å². The summed E-state index contributed by atoms with van der Waals surface area (Å²) < 4.78 is 6.76. The molecule has 0 saturated heterocycles. The molecule has 3 heteroatoms. The van der Waals surface area contributed by atoms with Crippen LogP contribution in [0.25, 0.3) is 0 Å². The third-order valence-electron chi connectivity index (χ3n) is 2.78. The molecule has 1 atom stereocenters. The predicted octanol–water partition coefficient (Wildman–Crippen LogP) is 4.22. The summed E-state index contributed by atoms with van der Waals surface area (Å²) in [6.07, 6.45) is 1.17. The molecular formula is C10H23IOSi. The van der Waals surface area contributed by atoms with Crippen LogP contribution in [-0.4, -0.2) is 18.8 Å². The van der Waals surface area contributed by atoms with E-state index in [-0.39, 0.29) is 0 Å². The number of hydrogen-bond donors (Lipinski definition) is 0. The van der Waals surface area contributed by atoms with Gasteiger partial charge in [0.05, 0.1) is 0 Å². The maximum Gasteiger partial charge on any atom is 0.191 e. The third kappa shape index (κ3) is 5.37. The second kappa shape index (κ2) is 5.12. The van der Waals surface area contributed by atoms with Crippen LogP contribution in [0.4, 0.5) is 0 Å². The molecule has 1 unspecified atom stereocenters. The molecule has 0 radical (unpaired) electrons. The van der Waals surface area contributed by atoms with Gasteiger partial charge in [-0.15, -0.1) is 0 Å². The Balaban J connectivity index is 3.90. The van der Waals surface area contributed by atoms with E-state index in [0.717, 1.165) is 10.5 Å². The molecule has 0 aliphatic heterocycles. The number of hydrogen-bond acceptors (Lipinski definition) is 1. The van der Waals surface area contributed by atoms with E-state index in [0.29, 0.717) is 5.04 Å². The SMILES string of the molecule is CC(I)CCO[Si](C)(C)C(C)(C)C. The Labute approximate surface area is 97.9 Å². The van der Waals surface area contributed by atoms with Crippen LogP contribution in [0, 0.1) is 0 Å². The minimum Gasteiger partial charge on any atom is -0.417 e. The first kappa shape index (κ1) is 13.9. The second-order valence-electron chi connectivity index (χ2n) is 5.18. The van der Waals surface area contributed by atoms with Gasteiger partial charge in [0.25, 0.3) is 0 Å². The van der Waals surface area contributed by atoms with Crippen LogP contribution in [0.1, 0.15) is 34.1 Å². The van der Waals surface area contributed by atoms with Gasteiger partial charge in [0.1, 0.15) is 0 Å². The van der Waals surface area contributed by atoms with Gasteiger partial charge in [0, 0.05) is 10.5 Å². The van der Waals surface area contributed by atoms with Crippen molar-refractivity contribution < 1.29 is 4.43 Å². The van der Waals surface area contributed by atoms with E-state index in [1.165, 1.54) is 6.42 Å². The molecule has 0 bridgehead atoms. The Kier molecular flexibility index (Phi) is 5.48. The smallest absolute Gasteiger partial charge is 0.191 e. The molecule has 0 aromatic heterocycles. The molecule has 1 nitrogen and oxygen atoms in total. The van der Waals surface area contributed by atoms with Crippen molar-refractivity contribution in [3.05, 3.63) is 0 Å². The summed E-state index contributed by atoms with van der Waals surface area (Å²) >= 11 is 2.45. The molecular weight excluding hydrogens is 291 g/mol. The number of alkyl halides is 1. The van der Waals surface area contributed by atoms with Crippen molar-refractivity contribution in [3.63, 3.8) is 0 Å². The van der Waals surface area contributed by atoms with Crippen LogP contribution in [0.5, 0.6) is 0 Å². The van der Waals surface area contributed by atoms with Gasteiger partial charge in [0.15, 0.2) is 8.32 Å². The predicted molar refractivity (Wildman–Crippen MR) is 71.2 cm³/mol. The zero-order valence-corrected chi connectivity index (χ0v) is 12.9. The Morgan fingerprint density at radius 1 is 1.31 bits per heavy atom. The average Bonchev–Trinajstić information content (AvgIpc) is 1.82. The van der Waals surface area contributed by atoms with Gasteiger partial charge in [-0.05, 0) is 24.6 Å². The van der Waals surface area contributed by atoms with Gasteiger partial charge in [-0.1, -0.05) is 50.3 Å². The van der Waals surface area contributed by atoms with Crippen LogP contribution in [0.3, 0.4) is 0 Å². The molecule has 0 spiro atoms. The first-order valence-corrected chi connectivity index (χ1v) is 9.10. The molecule has 0 amide bonds. The fourth-order valence-electron chi connectivity index (χ4n) is 0.693. The van der Waals surface area contributed by atoms with Crippen molar-refractivity contribution in [2.75, 3.05) is 6.61 Å². The van der Waals surface area contributed by atoms with Gasteiger partial charge in [0.2, 0.25) is 0 Å². The second-order valence-corrected chi connectivity index (χ2v) is 12.1.